The van der Waals surface area contributed by atoms with Crippen LogP contribution in [-0.2, 0) is 0 Å². The van der Waals surface area contributed by atoms with E-state index in [4.69, 9.17) is 0 Å². The molecule has 0 aromatic heterocycles. The summed E-state index contributed by atoms with van der Waals surface area (Å²) in [5, 5.41) is 37.3. The zero-order valence-corrected chi connectivity index (χ0v) is 9.01. The average molecular weight is 220 g/mol. The lowest BCUT2D eigenvalue weighted by Crippen LogP contribution is -2.37. The third kappa shape index (κ3) is 0.702. The molecule has 0 bridgehead atoms. The molecule has 0 radical (unpaired) electrons. The fourth-order valence-corrected chi connectivity index (χ4v) is 4.06. The van der Waals surface area contributed by atoms with Gasteiger partial charge >= 0.3 is 0 Å². The maximum absolute atomic E-state index is 9.36. The van der Waals surface area contributed by atoms with Crippen molar-refractivity contribution in [2.45, 2.75) is 12.8 Å². The van der Waals surface area contributed by atoms with Gasteiger partial charge < -0.3 is 0 Å². The van der Waals surface area contributed by atoms with Crippen LogP contribution >= 0.6 is 0 Å². The normalized spacial score (nSPS) is 41.2. The van der Waals surface area contributed by atoms with Crippen LogP contribution in [0.25, 0.3) is 0 Å². The van der Waals surface area contributed by atoms with Crippen molar-refractivity contribution in [1.29, 1.82) is 21.0 Å². The minimum Gasteiger partial charge on any atom is -0.196 e. The highest BCUT2D eigenvalue weighted by Crippen LogP contribution is 2.83. The molecule has 0 saturated heterocycles. The monoisotopic (exact) mass is 220 g/mol. The standard InChI is InChI=1S/C13H8N4/c14-5-11(6-15)4-12-3-1-2-9(12)10(12)13(11,7-16)8-17/h1-2,9-10H,3-4H2/t9-,10-,12+/m0/s1. The first-order valence-corrected chi connectivity index (χ1v) is 5.48. The van der Waals surface area contributed by atoms with Crippen LogP contribution in [-0.4, -0.2) is 0 Å². The fraction of sp³-hybridized carbons (Fsp3) is 0.538. The molecule has 17 heavy (non-hydrogen) atoms. The summed E-state index contributed by atoms with van der Waals surface area (Å²) in [5.74, 6) is 0.0888. The molecule has 4 nitrogen and oxygen atoms in total. The van der Waals surface area contributed by atoms with Gasteiger partial charge in [0, 0.05) is 5.92 Å². The number of hydrogen-bond acceptors (Lipinski definition) is 4. The van der Waals surface area contributed by atoms with Crippen LogP contribution in [0.5, 0.6) is 0 Å². The minimum absolute atomic E-state index is 0.130. The second-order valence-corrected chi connectivity index (χ2v) is 5.21. The summed E-state index contributed by atoms with van der Waals surface area (Å²) < 4.78 is 0. The molecule has 0 aromatic rings. The Labute approximate surface area is 99.0 Å². The average Bonchev–Trinajstić information content (AvgIpc) is 2.74. The van der Waals surface area contributed by atoms with E-state index in [1.54, 1.807) is 0 Å². The second kappa shape index (κ2) is 2.51. The summed E-state index contributed by atoms with van der Waals surface area (Å²) in [7, 11) is 0. The molecule has 0 amide bonds. The Morgan fingerprint density at radius 1 is 1.00 bits per heavy atom. The lowest BCUT2D eigenvalue weighted by atomic mass is 9.64. The van der Waals surface area contributed by atoms with Gasteiger partial charge in [0.05, 0.1) is 24.3 Å². The predicted octanol–water partition coefficient (Wildman–Crippen LogP) is 1.65. The van der Waals surface area contributed by atoms with Crippen LogP contribution in [0, 0.1) is 73.4 Å². The van der Waals surface area contributed by atoms with Crippen molar-refractivity contribution in [2.24, 2.45) is 28.1 Å². The number of nitriles is 4. The van der Waals surface area contributed by atoms with Gasteiger partial charge in [0.25, 0.3) is 0 Å². The number of nitrogens with zero attached hydrogens (tertiary/aromatic N) is 4. The molecule has 0 N–H and O–H groups in total. The van der Waals surface area contributed by atoms with Crippen molar-refractivity contribution in [1.82, 2.24) is 0 Å². The van der Waals surface area contributed by atoms with Gasteiger partial charge in [0.15, 0.2) is 10.8 Å². The Bertz CT molecular complexity index is 575. The Hall–Kier alpha value is -2.30. The second-order valence-electron chi connectivity index (χ2n) is 5.21. The molecule has 3 aliphatic rings. The third-order valence-electron chi connectivity index (χ3n) is 4.84. The van der Waals surface area contributed by atoms with Crippen LogP contribution in [0.3, 0.4) is 0 Å². The molecule has 3 atom stereocenters. The van der Waals surface area contributed by atoms with Gasteiger partial charge in [0.2, 0.25) is 0 Å². The molecule has 2 saturated carbocycles. The first kappa shape index (κ1) is 9.89. The zero-order chi connectivity index (χ0) is 12.3. The Kier molecular flexibility index (Phi) is 1.46. The van der Waals surface area contributed by atoms with Crippen LogP contribution in [0.4, 0.5) is 0 Å². The third-order valence-corrected chi connectivity index (χ3v) is 4.84. The lowest BCUT2D eigenvalue weighted by Gasteiger charge is -2.27. The first-order valence-electron chi connectivity index (χ1n) is 5.48. The van der Waals surface area contributed by atoms with Crippen LogP contribution in [0.15, 0.2) is 12.2 Å². The van der Waals surface area contributed by atoms with Crippen molar-refractivity contribution in [2.75, 3.05) is 0 Å². The van der Waals surface area contributed by atoms with Gasteiger partial charge in [-0.25, -0.2) is 0 Å². The molecular weight excluding hydrogens is 212 g/mol. The van der Waals surface area contributed by atoms with Gasteiger partial charge in [-0.1, -0.05) is 12.2 Å². The summed E-state index contributed by atoms with van der Waals surface area (Å²) in [4.78, 5) is 0. The molecule has 4 heteroatoms. The zero-order valence-electron chi connectivity index (χ0n) is 9.01. The van der Waals surface area contributed by atoms with Crippen LogP contribution < -0.4 is 0 Å². The van der Waals surface area contributed by atoms with Gasteiger partial charge in [0.1, 0.15) is 0 Å². The number of rotatable bonds is 0. The lowest BCUT2D eigenvalue weighted by molar-refractivity contribution is 0.282. The van der Waals surface area contributed by atoms with E-state index in [1.165, 1.54) is 0 Å². The Morgan fingerprint density at radius 3 is 2.18 bits per heavy atom. The quantitative estimate of drug-likeness (QED) is 0.580. The summed E-state index contributed by atoms with van der Waals surface area (Å²) in [5.41, 5.74) is -3.06. The van der Waals surface area contributed by atoms with Gasteiger partial charge in [-0.2, -0.15) is 21.0 Å². The van der Waals surface area contributed by atoms with E-state index in [9.17, 15) is 21.0 Å². The molecule has 3 rings (SSSR count). The van der Waals surface area contributed by atoms with E-state index in [0.717, 1.165) is 6.42 Å². The molecule has 0 aliphatic heterocycles. The summed E-state index contributed by atoms with van der Waals surface area (Å²) in [6.07, 6.45) is 5.22. The molecule has 2 fully saturated rings. The summed E-state index contributed by atoms with van der Waals surface area (Å²) >= 11 is 0. The SMILES string of the molecule is N#CC1(C#N)C[C@]23CC=C[C@H]2[C@@H]3C1(C#N)C#N. The van der Waals surface area contributed by atoms with Crippen molar-refractivity contribution in [3.8, 4) is 24.3 Å². The van der Waals surface area contributed by atoms with Gasteiger partial charge in [-0.3, -0.25) is 0 Å². The molecular formula is C13H8N4. The largest absolute Gasteiger partial charge is 0.196 e. The van der Waals surface area contributed by atoms with Gasteiger partial charge in [-0.15, -0.1) is 0 Å². The van der Waals surface area contributed by atoms with E-state index in [0.29, 0.717) is 6.42 Å². The van der Waals surface area contributed by atoms with E-state index in [2.05, 4.69) is 0 Å². The van der Waals surface area contributed by atoms with Crippen molar-refractivity contribution in [3.63, 3.8) is 0 Å². The van der Waals surface area contributed by atoms with E-state index in [1.807, 2.05) is 36.4 Å². The molecule has 1 spiro atoms. The van der Waals surface area contributed by atoms with Crippen molar-refractivity contribution < 1.29 is 0 Å². The number of allylic oxidation sites excluding steroid dienone is 2. The van der Waals surface area contributed by atoms with Crippen molar-refractivity contribution in [3.05, 3.63) is 12.2 Å². The van der Waals surface area contributed by atoms with E-state index < -0.39 is 10.8 Å². The topological polar surface area (TPSA) is 95.2 Å². The number of hydrogen-bond donors (Lipinski definition) is 0. The maximum Gasteiger partial charge on any atom is 0.179 e. The first-order chi connectivity index (χ1) is 8.16. The molecule has 3 aliphatic carbocycles. The molecule has 80 valence electrons. The predicted molar refractivity (Wildman–Crippen MR) is 55.1 cm³/mol. The van der Waals surface area contributed by atoms with Crippen LogP contribution in [0.1, 0.15) is 12.8 Å². The highest BCUT2D eigenvalue weighted by atomic mass is 14.8. The fourth-order valence-electron chi connectivity index (χ4n) is 4.06. The Morgan fingerprint density at radius 2 is 1.65 bits per heavy atom. The molecule has 0 aromatic carbocycles. The summed E-state index contributed by atoms with van der Waals surface area (Å²) in [6.45, 7) is 0. The Balaban J connectivity index is 2.21. The van der Waals surface area contributed by atoms with Crippen molar-refractivity contribution >= 4 is 0 Å². The van der Waals surface area contributed by atoms with E-state index >= 15 is 0 Å². The smallest absolute Gasteiger partial charge is 0.179 e. The summed E-state index contributed by atoms with van der Waals surface area (Å²) in [6, 6.07) is 7.90. The highest BCUT2D eigenvalue weighted by molar-refractivity contribution is 5.50. The number of fused-ring (bicyclic) bond motifs is 1. The molecule has 0 heterocycles. The minimum atomic E-state index is -1.45. The van der Waals surface area contributed by atoms with E-state index in [-0.39, 0.29) is 17.3 Å². The highest BCUT2D eigenvalue weighted by Gasteiger charge is 2.85. The molecule has 0 unspecified atom stereocenters. The maximum atomic E-state index is 9.36. The van der Waals surface area contributed by atoms with Gasteiger partial charge in [-0.05, 0) is 24.2 Å². The van der Waals surface area contributed by atoms with Crippen LogP contribution in [0.2, 0.25) is 0 Å².